The van der Waals surface area contributed by atoms with E-state index in [2.05, 4.69) is 10.3 Å². The summed E-state index contributed by atoms with van der Waals surface area (Å²) in [4.78, 5) is 26.4. The number of aliphatic carboxylic acids is 1. The van der Waals surface area contributed by atoms with E-state index in [4.69, 9.17) is 14.6 Å². The highest BCUT2D eigenvalue weighted by Crippen LogP contribution is 2.35. The summed E-state index contributed by atoms with van der Waals surface area (Å²) in [5, 5.41) is 13.3. The molecule has 0 atom stereocenters. The van der Waals surface area contributed by atoms with Crippen LogP contribution in [0, 0.1) is 0 Å². The molecule has 1 heterocycles. The van der Waals surface area contributed by atoms with Crippen molar-refractivity contribution in [1.82, 2.24) is 4.98 Å². The van der Waals surface area contributed by atoms with E-state index in [1.807, 2.05) is 0 Å². The summed E-state index contributed by atoms with van der Waals surface area (Å²) >= 11 is 1.25. The number of nitrogens with zero attached hydrogens (tertiary/aromatic N) is 1. The summed E-state index contributed by atoms with van der Waals surface area (Å²) in [7, 11) is 3.13. The van der Waals surface area contributed by atoms with Gasteiger partial charge in [0.1, 0.15) is 11.5 Å². The zero-order valence-electron chi connectivity index (χ0n) is 12.7. The minimum Gasteiger partial charge on any atom is -0.497 e. The van der Waals surface area contributed by atoms with Crippen LogP contribution in [-0.2, 0) is 9.59 Å². The predicted octanol–water partition coefficient (Wildman–Crippen LogP) is 2.63. The lowest BCUT2D eigenvalue weighted by molar-refractivity contribution is -0.138. The van der Waals surface area contributed by atoms with Crippen LogP contribution in [0.15, 0.2) is 23.6 Å². The number of carbonyl (C=O) groups is 2. The van der Waals surface area contributed by atoms with Gasteiger partial charge in [0.15, 0.2) is 5.13 Å². The van der Waals surface area contributed by atoms with Gasteiger partial charge in [-0.2, -0.15) is 0 Å². The van der Waals surface area contributed by atoms with Gasteiger partial charge in [0, 0.05) is 17.4 Å². The molecule has 0 radical (unpaired) electrons. The molecule has 7 nitrogen and oxygen atoms in total. The van der Waals surface area contributed by atoms with Crippen molar-refractivity contribution in [2.75, 3.05) is 19.5 Å². The van der Waals surface area contributed by atoms with Crippen molar-refractivity contribution < 1.29 is 24.2 Å². The third-order valence-electron chi connectivity index (χ3n) is 3.00. The Balaban J connectivity index is 2.15. The van der Waals surface area contributed by atoms with Gasteiger partial charge < -0.3 is 19.9 Å². The van der Waals surface area contributed by atoms with Crippen molar-refractivity contribution in [3.05, 3.63) is 23.6 Å². The molecule has 0 aliphatic carbocycles. The Morgan fingerprint density at radius 3 is 2.70 bits per heavy atom. The van der Waals surface area contributed by atoms with Crippen molar-refractivity contribution >= 4 is 28.3 Å². The van der Waals surface area contributed by atoms with Gasteiger partial charge in [-0.1, -0.05) is 0 Å². The van der Waals surface area contributed by atoms with E-state index < -0.39 is 5.97 Å². The SMILES string of the molecule is COc1ccc(OC)c(-c2csc(NC(=O)CCC(=O)O)n2)c1. The number of carbonyl (C=O) groups excluding carboxylic acids is 1. The quantitative estimate of drug-likeness (QED) is 0.806. The van der Waals surface area contributed by atoms with Crippen molar-refractivity contribution in [3.63, 3.8) is 0 Å². The number of carboxylic acid groups (broad SMARTS) is 1. The van der Waals surface area contributed by atoms with Crippen LogP contribution in [0.2, 0.25) is 0 Å². The number of benzene rings is 1. The maximum atomic E-state index is 11.6. The van der Waals surface area contributed by atoms with Crippen LogP contribution < -0.4 is 14.8 Å². The Kier molecular flexibility index (Phi) is 5.53. The average Bonchev–Trinajstić information content (AvgIpc) is 3.00. The number of amides is 1. The average molecular weight is 336 g/mol. The maximum Gasteiger partial charge on any atom is 0.303 e. The van der Waals surface area contributed by atoms with Gasteiger partial charge in [-0.05, 0) is 18.2 Å². The number of methoxy groups -OCH3 is 2. The van der Waals surface area contributed by atoms with Crippen LogP contribution in [0.1, 0.15) is 12.8 Å². The van der Waals surface area contributed by atoms with Gasteiger partial charge in [0.05, 0.1) is 26.3 Å². The first-order valence-corrected chi connectivity index (χ1v) is 7.61. The van der Waals surface area contributed by atoms with Crippen molar-refractivity contribution in [2.45, 2.75) is 12.8 Å². The molecule has 0 saturated heterocycles. The van der Waals surface area contributed by atoms with E-state index in [1.165, 1.54) is 11.3 Å². The number of hydrogen-bond acceptors (Lipinski definition) is 6. The van der Waals surface area contributed by atoms with Crippen LogP contribution in [0.4, 0.5) is 5.13 Å². The van der Waals surface area contributed by atoms with Gasteiger partial charge >= 0.3 is 5.97 Å². The molecule has 0 saturated carbocycles. The minimum atomic E-state index is -1.01. The molecule has 1 aromatic heterocycles. The smallest absolute Gasteiger partial charge is 0.303 e. The van der Waals surface area contributed by atoms with Gasteiger partial charge in [0.25, 0.3) is 0 Å². The highest BCUT2D eigenvalue weighted by Gasteiger charge is 2.13. The number of ether oxygens (including phenoxy) is 2. The van der Waals surface area contributed by atoms with E-state index >= 15 is 0 Å². The maximum absolute atomic E-state index is 11.6. The van der Waals surface area contributed by atoms with Gasteiger partial charge in [-0.15, -0.1) is 11.3 Å². The van der Waals surface area contributed by atoms with E-state index in [0.29, 0.717) is 22.3 Å². The zero-order valence-corrected chi connectivity index (χ0v) is 13.5. The molecule has 2 N–H and O–H groups in total. The molecule has 0 aliphatic heterocycles. The normalized spacial score (nSPS) is 10.2. The second-order valence-corrected chi connectivity index (χ2v) is 5.40. The summed E-state index contributed by atoms with van der Waals surface area (Å²) in [5.74, 6) is -0.0901. The van der Waals surface area contributed by atoms with Crippen molar-refractivity contribution in [2.24, 2.45) is 0 Å². The lowest BCUT2D eigenvalue weighted by Crippen LogP contribution is -2.12. The number of aromatic nitrogens is 1. The molecular weight excluding hydrogens is 320 g/mol. The molecule has 8 heteroatoms. The Morgan fingerprint density at radius 1 is 1.26 bits per heavy atom. The van der Waals surface area contributed by atoms with E-state index in [-0.39, 0.29) is 18.7 Å². The topological polar surface area (TPSA) is 97.8 Å². The Labute approximate surface area is 136 Å². The van der Waals surface area contributed by atoms with Gasteiger partial charge in [-0.3, -0.25) is 9.59 Å². The summed E-state index contributed by atoms with van der Waals surface area (Å²) < 4.78 is 10.5. The van der Waals surface area contributed by atoms with E-state index in [1.54, 1.807) is 37.8 Å². The molecule has 2 rings (SSSR count). The predicted molar refractivity (Wildman–Crippen MR) is 86.2 cm³/mol. The molecule has 122 valence electrons. The molecule has 1 aromatic carbocycles. The summed E-state index contributed by atoms with van der Waals surface area (Å²) in [6.07, 6.45) is -0.305. The molecule has 0 spiro atoms. The first-order valence-electron chi connectivity index (χ1n) is 6.73. The highest BCUT2D eigenvalue weighted by molar-refractivity contribution is 7.14. The second kappa shape index (κ2) is 7.59. The number of thiazole rings is 1. The molecular formula is C15H16N2O5S. The molecule has 23 heavy (non-hydrogen) atoms. The second-order valence-electron chi connectivity index (χ2n) is 4.55. The first kappa shape index (κ1) is 16.8. The Hall–Kier alpha value is -2.61. The molecule has 0 bridgehead atoms. The molecule has 0 unspecified atom stereocenters. The van der Waals surface area contributed by atoms with Crippen molar-refractivity contribution in [3.8, 4) is 22.8 Å². The number of hydrogen-bond donors (Lipinski definition) is 2. The summed E-state index contributed by atoms with van der Waals surface area (Å²) in [6.45, 7) is 0. The van der Waals surface area contributed by atoms with Gasteiger partial charge in [-0.25, -0.2) is 4.98 Å². The first-order chi connectivity index (χ1) is 11.0. The van der Waals surface area contributed by atoms with E-state index in [9.17, 15) is 9.59 Å². The third-order valence-corrected chi connectivity index (χ3v) is 3.76. The van der Waals surface area contributed by atoms with Crippen LogP contribution in [0.25, 0.3) is 11.3 Å². The van der Waals surface area contributed by atoms with Crippen LogP contribution in [-0.4, -0.2) is 36.2 Å². The lowest BCUT2D eigenvalue weighted by Gasteiger charge is -2.08. The fourth-order valence-electron chi connectivity index (χ4n) is 1.87. The van der Waals surface area contributed by atoms with Crippen molar-refractivity contribution in [1.29, 1.82) is 0 Å². The third kappa shape index (κ3) is 4.43. The fourth-order valence-corrected chi connectivity index (χ4v) is 2.60. The number of nitrogens with one attached hydrogen (secondary N) is 1. The number of carboxylic acids is 1. The monoisotopic (exact) mass is 336 g/mol. The van der Waals surface area contributed by atoms with Crippen LogP contribution in [0.3, 0.4) is 0 Å². The number of rotatable bonds is 7. The Morgan fingerprint density at radius 2 is 2.04 bits per heavy atom. The molecule has 1 amide bonds. The highest BCUT2D eigenvalue weighted by atomic mass is 32.1. The minimum absolute atomic E-state index is 0.0905. The van der Waals surface area contributed by atoms with Crippen LogP contribution in [0.5, 0.6) is 11.5 Å². The summed E-state index contributed by atoms with van der Waals surface area (Å²) in [5.41, 5.74) is 1.38. The standard InChI is InChI=1S/C15H16N2O5S/c1-21-9-3-4-12(22-2)10(7-9)11-8-23-15(16-11)17-13(18)5-6-14(19)20/h3-4,7-8H,5-6H2,1-2H3,(H,19,20)(H,16,17,18). The molecule has 0 fully saturated rings. The zero-order chi connectivity index (χ0) is 16.8. The lowest BCUT2D eigenvalue weighted by atomic mass is 10.1. The number of anilines is 1. The molecule has 0 aliphatic rings. The van der Waals surface area contributed by atoms with E-state index in [0.717, 1.165) is 5.56 Å². The fraction of sp³-hybridized carbons (Fsp3) is 0.267. The van der Waals surface area contributed by atoms with Crippen LogP contribution >= 0.6 is 11.3 Å². The van der Waals surface area contributed by atoms with Gasteiger partial charge in [0.2, 0.25) is 5.91 Å². The Bertz CT molecular complexity index is 714. The summed E-state index contributed by atoms with van der Waals surface area (Å²) in [6, 6.07) is 5.35. The molecule has 2 aromatic rings. The largest absolute Gasteiger partial charge is 0.497 e.